The Labute approximate surface area is 142 Å². The van der Waals surface area contributed by atoms with Crippen LogP contribution in [0.1, 0.15) is 24.0 Å². The summed E-state index contributed by atoms with van der Waals surface area (Å²) >= 11 is 0. The molecule has 0 bridgehead atoms. The summed E-state index contributed by atoms with van der Waals surface area (Å²) in [6.45, 7) is 3.72. The number of para-hydroxylation sites is 1. The molecule has 1 saturated carbocycles. The highest BCUT2D eigenvalue weighted by Crippen LogP contribution is 2.30. The first-order chi connectivity index (χ1) is 11.4. The normalized spacial score (nSPS) is 14.2. The Morgan fingerprint density at radius 1 is 1.00 bits per heavy atom. The summed E-state index contributed by atoms with van der Waals surface area (Å²) in [7, 11) is -3.67. The van der Waals surface area contributed by atoms with Gasteiger partial charge in [0, 0.05) is 11.6 Å². The third-order valence-corrected chi connectivity index (χ3v) is 5.46. The average Bonchev–Trinajstić information content (AvgIpc) is 3.36. The van der Waals surface area contributed by atoms with Crippen LogP contribution < -0.4 is 10.0 Å². The third kappa shape index (κ3) is 3.59. The highest BCUT2D eigenvalue weighted by Gasteiger charge is 2.29. The van der Waals surface area contributed by atoms with Gasteiger partial charge in [-0.15, -0.1) is 0 Å². The fraction of sp³-hybridized carbons (Fsp3) is 0.278. The highest BCUT2D eigenvalue weighted by molar-refractivity contribution is 7.92. The van der Waals surface area contributed by atoms with Crippen molar-refractivity contribution in [3.8, 4) is 0 Å². The second kappa shape index (κ2) is 6.28. The van der Waals surface area contributed by atoms with E-state index in [-0.39, 0.29) is 16.7 Å². The van der Waals surface area contributed by atoms with Gasteiger partial charge in [-0.3, -0.25) is 9.52 Å². The average molecular weight is 344 g/mol. The van der Waals surface area contributed by atoms with Gasteiger partial charge in [0.1, 0.15) is 0 Å². The van der Waals surface area contributed by atoms with Gasteiger partial charge in [0.15, 0.2) is 0 Å². The van der Waals surface area contributed by atoms with Crippen LogP contribution in [-0.4, -0.2) is 14.3 Å². The lowest BCUT2D eigenvalue weighted by Gasteiger charge is -2.13. The van der Waals surface area contributed by atoms with Gasteiger partial charge in [-0.1, -0.05) is 18.2 Å². The summed E-state index contributed by atoms with van der Waals surface area (Å²) in [6, 6.07) is 11.8. The van der Waals surface area contributed by atoms with Crippen LogP contribution in [0.15, 0.2) is 47.4 Å². The van der Waals surface area contributed by atoms with E-state index in [9.17, 15) is 13.2 Å². The molecule has 2 N–H and O–H groups in total. The van der Waals surface area contributed by atoms with E-state index in [1.165, 1.54) is 12.1 Å². The molecule has 0 saturated heterocycles. The molecular weight excluding hydrogens is 324 g/mol. The molecule has 0 radical (unpaired) electrons. The minimum Gasteiger partial charge on any atom is -0.326 e. The summed E-state index contributed by atoms with van der Waals surface area (Å²) in [6.07, 6.45) is 1.86. The van der Waals surface area contributed by atoms with Gasteiger partial charge in [0.2, 0.25) is 5.91 Å². The first-order valence-corrected chi connectivity index (χ1v) is 9.35. The Morgan fingerprint density at radius 3 is 2.12 bits per heavy atom. The molecule has 5 nitrogen and oxygen atoms in total. The molecule has 1 aliphatic rings. The third-order valence-electron chi connectivity index (χ3n) is 4.10. The maximum absolute atomic E-state index is 12.6. The zero-order valence-corrected chi connectivity index (χ0v) is 14.5. The Balaban J connectivity index is 1.78. The van der Waals surface area contributed by atoms with E-state index in [1.807, 2.05) is 32.0 Å². The van der Waals surface area contributed by atoms with Gasteiger partial charge >= 0.3 is 0 Å². The SMILES string of the molecule is Cc1cccc(C)c1NS(=O)(=O)c1ccc(NC(=O)C2CC2)cc1. The Hall–Kier alpha value is -2.34. The predicted octanol–water partition coefficient (Wildman–Crippen LogP) is 3.45. The van der Waals surface area contributed by atoms with Gasteiger partial charge < -0.3 is 5.32 Å². The lowest BCUT2D eigenvalue weighted by molar-refractivity contribution is -0.117. The monoisotopic (exact) mass is 344 g/mol. The summed E-state index contributed by atoms with van der Waals surface area (Å²) < 4.78 is 27.8. The fourth-order valence-electron chi connectivity index (χ4n) is 2.48. The number of nitrogens with one attached hydrogen (secondary N) is 2. The van der Waals surface area contributed by atoms with Gasteiger partial charge in [-0.05, 0) is 62.1 Å². The number of aryl methyl sites for hydroxylation is 2. The fourth-order valence-corrected chi connectivity index (χ4v) is 3.68. The van der Waals surface area contributed by atoms with E-state index in [0.717, 1.165) is 24.0 Å². The molecule has 2 aromatic carbocycles. The van der Waals surface area contributed by atoms with Gasteiger partial charge in [-0.25, -0.2) is 8.42 Å². The number of hydrogen-bond acceptors (Lipinski definition) is 3. The number of benzene rings is 2. The molecule has 2 aromatic rings. The summed E-state index contributed by atoms with van der Waals surface area (Å²) in [5.74, 6) is 0.110. The van der Waals surface area contributed by atoms with Crippen molar-refractivity contribution in [3.63, 3.8) is 0 Å². The maximum Gasteiger partial charge on any atom is 0.261 e. The molecule has 0 unspecified atom stereocenters. The molecule has 1 fully saturated rings. The van der Waals surface area contributed by atoms with Crippen molar-refractivity contribution in [3.05, 3.63) is 53.6 Å². The van der Waals surface area contributed by atoms with Gasteiger partial charge in [0.05, 0.1) is 10.6 Å². The van der Waals surface area contributed by atoms with Crippen LogP contribution in [0.4, 0.5) is 11.4 Å². The largest absolute Gasteiger partial charge is 0.326 e. The van der Waals surface area contributed by atoms with E-state index >= 15 is 0 Å². The number of sulfonamides is 1. The van der Waals surface area contributed by atoms with Crippen LogP contribution in [-0.2, 0) is 14.8 Å². The number of anilines is 2. The van der Waals surface area contributed by atoms with Crippen LogP contribution in [0.2, 0.25) is 0 Å². The Bertz CT molecular complexity index is 849. The van der Waals surface area contributed by atoms with Crippen molar-refractivity contribution in [2.75, 3.05) is 10.0 Å². The number of amides is 1. The Morgan fingerprint density at radius 2 is 1.58 bits per heavy atom. The first-order valence-electron chi connectivity index (χ1n) is 7.87. The van der Waals surface area contributed by atoms with Crippen LogP contribution in [0.3, 0.4) is 0 Å². The maximum atomic E-state index is 12.6. The second-order valence-corrected chi connectivity index (χ2v) is 7.84. The van der Waals surface area contributed by atoms with Crippen LogP contribution in [0.25, 0.3) is 0 Å². The van der Waals surface area contributed by atoms with Crippen LogP contribution in [0, 0.1) is 19.8 Å². The summed E-state index contributed by atoms with van der Waals surface area (Å²) in [4.78, 5) is 11.9. The number of hydrogen-bond donors (Lipinski definition) is 2. The quantitative estimate of drug-likeness (QED) is 0.872. The molecular formula is C18H20N2O3S. The molecule has 1 amide bonds. The number of rotatable bonds is 5. The van der Waals surface area contributed by atoms with Crippen molar-refractivity contribution in [2.45, 2.75) is 31.6 Å². The van der Waals surface area contributed by atoms with Crippen molar-refractivity contribution in [1.29, 1.82) is 0 Å². The van der Waals surface area contributed by atoms with E-state index in [0.29, 0.717) is 11.4 Å². The standard InChI is InChI=1S/C18H20N2O3S/c1-12-4-3-5-13(2)17(12)20-24(22,23)16-10-8-15(9-11-16)19-18(21)14-6-7-14/h3-5,8-11,14,20H,6-7H2,1-2H3,(H,19,21). The summed E-state index contributed by atoms with van der Waals surface area (Å²) in [5.41, 5.74) is 2.94. The van der Waals surface area contributed by atoms with Crippen molar-refractivity contribution < 1.29 is 13.2 Å². The van der Waals surface area contributed by atoms with E-state index in [4.69, 9.17) is 0 Å². The second-order valence-electron chi connectivity index (χ2n) is 6.16. The minimum absolute atomic E-state index is 0.000678. The van der Waals surface area contributed by atoms with Crippen LogP contribution >= 0.6 is 0 Å². The highest BCUT2D eigenvalue weighted by atomic mass is 32.2. The van der Waals surface area contributed by atoms with Gasteiger partial charge in [-0.2, -0.15) is 0 Å². The molecule has 0 atom stereocenters. The zero-order valence-electron chi connectivity index (χ0n) is 13.7. The zero-order chi connectivity index (χ0) is 17.3. The molecule has 0 heterocycles. The molecule has 0 aliphatic heterocycles. The number of carbonyl (C=O) groups excluding carboxylic acids is 1. The van der Waals surface area contributed by atoms with Crippen molar-refractivity contribution in [2.24, 2.45) is 5.92 Å². The summed E-state index contributed by atoms with van der Waals surface area (Å²) in [5, 5.41) is 2.80. The lowest BCUT2D eigenvalue weighted by Crippen LogP contribution is -2.15. The van der Waals surface area contributed by atoms with Gasteiger partial charge in [0.25, 0.3) is 10.0 Å². The molecule has 3 rings (SSSR count). The van der Waals surface area contributed by atoms with E-state index in [2.05, 4.69) is 10.0 Å². The topological polar surface area (TPSA) is 75.3 Å². The minimum atomic E-state index is -3.67. The molecule has 0 spiro atoms. The van der Waals surface area contributed by atoms with E-state index < -0.39 is 10.0 Å². The van der Waals surface area contributed by atoms with Crippen LogP contribution in [0.5, 0.6) is 0 Å². The first kappa shape index (κ1) is 16.5. The lowest BCUT2D eigenvalue weighted by atomic mass is 10.1. The smallest absolute Gasteiger partial charge is 0.261 e. The van der Waals surface area contributed by atoms with Crippen molar-refractivity contribution >= 4 is 27.3 Å². The van der Waals surface area contributed by atoms with E-state index in [1.54, 1.807) is 12.1 Å². The molecule has 6 heteroatoms. The predicted molar refractivity (Wildman–Crippen MR) is 94.5 cm³/mol. The molecule has 24 heavy (non-hydrogen) atoms. The number of carbonyl (C=O) groups is 1. The molecule has 0 aromatic heterocycles. The Kier molecular flexibility index (Phi) is 4.32. The molecule has 126 valence electrons. The molecule has 1 aliphatic carbocycles. The van der Waals surface area contributed by atoms with Crippen molar-refractivity contribution in [1.82, 2.24) is 0 Å².